The molecule has 0 aliphatic rings. The molecule has 3 heteroatoms. The van der Waals surface area contributed by atoms with Gasteiger partial charge >= 0.3 is 0 Å². The summed E-state index contributed by atoms with van der Waals surface area (Å²) in [4.78, 5) is 11.7. The second-order valence-electron chi connectivity index (χ2n) is 4.51. The molecule has 0 saturated heterocycles. The lowest BCUT2D eigenvalue weighted by molar-refractivity contribution is 0.101. The van der Waals surface area contributed by atoms with E-state index in [9.17, 15) is 9.90 Å². The number of benzene rings is 1. The molecule has 0 spiro atoms. The minimum Gasteiger partial charge on any atom is -0.508 e. The van der Waals surface area contributed by atoms with Gasteiger partial charge in [0.05, 0.1) is 11.2 Å². The molecule has 3 rings (SSSR count). The maximum Gasteiger partial charge on any atom is 0.176 e. The SMILES string of the molecule is CC(=O)c1cc(-c2cccc(O)c2)c2ccccn12. The molecule has 0 bridgehead atoms. The number of fused-ring (bicyclic) bond motifs is 1. The zero-order valence-electron chi connectivity index (χ0n) is 10.5. The second kappa shape index (κ2) is 4.28. The molecule has 2 heterocycles. The third-order valence-electron chi connectivity index (χ3n) is 3.19. The van der Waals surface area contributed by atoms with Crippen molar-refractivity contribution in [3.05, 3.63) is 60.4 Å². The van der Waals surface area contributed by atoms with Crippen molar-refractivity contribution in [2.75, 3.05) is 0 Å². The third kappa shape index (κ3) is 1.89. The fourth-order valence-corrected chi connectivity index (χ4v) is 2.33. The first-order valence-corrected chi connectivity index (χ1v) is 6.07. The molecule has 0 unspecified atom stereocenters. The number of carbonyl (C=O) groups excluding carboxylic acids is 1. The molecule has 2 aromatic heterocycles. The average molecular weight is 251 g/mol. The minimum atomic E-state index is 0.0209. The Hall–Kier alpha value is -2.55. The lowest BCUT2D eigenvalue weighted by atomic mass is 10.1. The summed E-state index contributed by atoms with van der Waals surface area (Å²) < 4.78 is 1.88. The summed E-state index contributed by atoms with van der Waals surface area (Å²) in [5.41, 5.74) is 3.45. The first-order chi connectivity index (χ1) is 9.16. The number of aromatic hydroxyl groups is 1. The number of phenolic OH excluding ortho intramolecular Hbond substituents is 1. The maximum absolute atomic E-state index is 11.7. The van der Waals surface area contributed by atoms with Crippen LogP contribution in [0.4, 0.5) is 0 Å². The van der Waals surface area contributed by atoms with Gasteiger partial charge in [-0.15, -0.1) is 0 Å². The Morgan fingerprint density at radius 3 is 2.68 bits per heavy atom. The molecule has 3 aromatic rings. The van der Waals surface area contributed by atoms with Crippen LogP contribution in [0.5, 0.6) is 5.75 Å². The van der Waals surface area contributed by atoms with E-state index in [1.165, 1.54) is 0 Å². The van der Waals surface area contributed by atoms with Gasteiger partial charge in [-0.05, 0) is 35.9 Å². The van der Waals surface area contributed by atoms with Gasteiger partial charge in [0.25, 0.3) is 0 Å². The van der Waals surface area contributed by atoms with Crippen molar-refractivity contribution in [3.8, 4) is 16.9 Å². The highest BCUT2D eigenvalue weighted by Crippen LogP contribution is 2.30. The van der Waals surface area contributed by atoms with Crippen LogP contribution < -0.4 is 0 Å². The Kier molecular flexibility index (Phi) is 2.60. The Bertz CT molecular complexity index is 771. The molecule has 0 aliphatic heterocycles. The lowest BCUT2D eigenvalue weighted by Crippen LogP contribution is -1.96. The van der Waals surface area contributed by atoms with Crippen molar-refractivity contribution >= 4 is 11.3 Å². The van der Waals surface area contributed by atoms with Crippen LogP contribution in [0.15, 0.2) is 54.7 Å². The van der Waals surface area contributed by atoms with E-state index in [4.69, 9.17) is 0 Å². The first-order valence-electron chi connectivity index (χ1n) is 6.07. The predicted molar refractivity (Wildman–Crippen MR) is 74.5 cm³/mol. The van der Waals surface area contributed by atoms with Crippen LogP contribution in [0.1, 0.15) is 17.4 Å². The maximum atomic E-state index is 11.7. The third-order valence-corrected chi connectivity index (χ3v) is 3.19. The van der Waals surface area contributed by atoms with Crippen LogP contribution in [0.3, 0.4) is 0 Å². The molecule has 1 N–H and O–H groups in total. The van der Waals surface area contributed by atoms with E-state index in [-0.39, 0.29) is 11.5 Å². The molecular formula is C16H13NO2. The molecule has 0 fully saturated rings. The van der Waals surface area contributed by atoms with Crippen molar-refractivity contribution < 1.29 is 9.90 Å². The number of Topliss-reactive ketones (excluding diaryl/α,β-unsaturated/α-hetero) is 1. The second-order valence-corrected chi connectivity index (χ2v) is 4.51. The summed E-state index contributed by atoms with van der Waals surface area (Å²) in [6.07, 6.45) is 1.87. The summed E-state index contributed by atoms with van der Waals surface area (Å²) in [7, 11) is 0. The van der Waals surface area contributed by atoms with Crippen molar-refractivity contribution in [2.24, 2.45) is 0 Å². The molecule has 94 valence electrons. The van der Waals surface area contributed by atoms with Gasteiger partial charge in [0.15, 0.2) is 5.78 Å². The molecule has 19 heavy (non-hydrogen) atoms. The van der Waals surface area contributed by atoms with Crippen LogP contribution in [-0.4, -0.2) is 15.3 Å². The molecular weight excluding hydrogens is 238 g/mol. The molecule has 0 amide bonds. The number of aromatic nitrogens is 1. The summed E-state index contributed by atoms with van der Waals surface area (Å²) >= 11 is 0. The highest BCUT2D eigenvalue weighted by molar-refractivity contribution is 5.98. The van der Waals surface area contributed by atoms with Crippen molar-refractivity contribution in [2.45, 2.75) is 6.92 Å². The van der Waals surface area contributed by atoms with Crippen LogP contribution in [0.2, 0.25) is 0 Å². The van der Waals surface area contributed by atoms with E-state index < -0.39 is 0 Å². The fourth-order valence-electron chi connectivity index (χ4n) is 2.33. The molecule has 1 aromatic carbocycles. The first kappa shape index (κ1) is 11.5. The van der Waals surface area contributed by atoms with Gasteiger partial charge in [-0.2, -0.15) is 0 Å². The number of pyridine rings is 1. The summed E-state index contributed by atoms with van der Waals surface area (Å²) in [6.45, 7) is 1.56. The standard InChI is InChI=1S/C16H13NO2/c1-11(18)16-10-14(12-5-4-6-13(19)9-12)15-7-2-3-8-17(15)16/h2-10,19H,1H3. The van der Waals surface area contributed by atoms with Crippen LogP contribution in [0.25, 0.3) is 16.6 Å². The number of rotatable bonds is 2. The highest BCUT2D eigenvalue weighted by Gasteiger charge is 2.13. The van der Waals surface area contributed by atoms with E-state index in [1.807, 2.05) is 40.9 Å². The summed E-state index contributed by atoms with van der Waals surface area (Å²) in [5.74, 6) is 0.241. The number of hydrogen-bond acceptors (Lipinski definition) is 2. The van der Waals surface area contributed by atoms with E-state index in [2.05, 4.69) is 0 Å². The van der Waals surface area contributed by atoms with Gasteiger partial charge in [0.2, 0.25) is 0 Å². The monoisotopic (exact) mass is 251 g/mol. The Morgan fingerprint density at radius 1 is 1.11 bits per heavy atom. The quantitative estimate of drug-likeness (QED) is 0.708. The predicted octanol–water partition coefficient (Wildman–Crippen LogP) is 3.51. The van der Waals surface area contributed by atoms with Crippen LogP contribution >= 0.6 is 0 Å². The van der Waals surface area contributed by atoms with E-state index in [1.54, 1.807) is 25.1 Å². The molecule has 0 radical (unpaired) electrons. The Balaban J connectivity index is 2.33. The Labute approximate surface area is 110 Å². The summed E-state index contributed by atoms with van der Waals surface area (Å²) in [6, 6.07) is 14.7. The average Bonchev–Trinajstić information content (AvgIpc) is 2.78. The molecule has 3 nitrogen and oxygen atoms in total. The molecule has 0 aliphatic carbocycles. The largest absolute Gasteiger partial charge is 0.508 e. The van der Waals surface area contributed by atoms with Gasteiger partial charge in [-0.1, -0.05) is 18.2 Å². The number of hydrogen-bond donors (Lipinski definition) is 1. The molecule has 0 saturated carbocycles. The van der Waals surface area contributed by atoms with E-state index in [0.717, 1.165) is 16.6 Å². The number of carbonyl (C=O) groups is 1. The van der Waals surface area contributed by atoms with Gasteiger partial charge in [-0.3, -0.25) is 4.79 Å². The van der Waals surface area contributed by atoms with E-state index in [0.29, 0.717) is 5.69 Å². The van der Waals surface area contributed by atoms with Gasteiger partial charge in [0, 0.05) is 18.7 Å². The number of nitrogens with zero attached hydrogens (tertiary/aromatic N) is 1. The topological polar surface area (TPSA) is 41.7 Å². The van der Waals surface area contributed by atoms with Crippen molar-refractivity contribution in [1.82, 2.24) is 4.40 Å². The normalized spacial score (nSPS) is 10.8. The highest BCUT2D eigenvalue weighted by atomic mass is 16.3. The van der Waals surface area contributed by atoms with Gasteiger partial charge in [0.1, 0.15) is 5.75 Å². The zero-order chi connectivity index (χ0) is 13.4. The summed E-state index contributed by atoms with van der Waals surface area (Å²) in [5, 5.41) is 9.59. The Morgan fingerprint density at radius 2 is 1.95 bits per heavy atom. The van der Waals surface area contributed by atoms with Gasteiger partial charge in [-0.25, -0.2) is 0 Å². The zero-order valence-corrected chi connectivity index (χ0v) is 10.5. The number of ketones is 1. The number of phenols is 1. The minimum absolute atomic E-state index is 0.0209. The van der Waals surface area contributed by atoms with Crippen LogP contribution in [-0.2, 0) is 0 Å². The van der Waals surface area contributed by atoms with E-state index >= 15 is 0 Å². The molecule has 0 atom stereocenters. The van der Waals surface area contributed by atoms with Crippen molar-refractivity contribution in [3.63, 3.8) is 0 Å². The smallest absolute Gasteiger partial charge is 0.176 e. The van der Waals surface area contributed by atoms with Gasteiger partial charge < -0.3 is 9.51 Å². The fraction of sp³-hybridized carbons (Fsp3) is 0.0625. The van der Waals surface area contributed by atoms with Crippen molar-refractivity contribution in [1.29, 1.82) is 0 Å². The lowest BCUT2D eigenvalue weighted by Gasteiger charge is -2.01. The van der Waals surface area contributed by atoms with Crippen LogP contribution in [0, 0.1) is 0 Å².